The number of aryl methyl sites for hydroxylation is 2. The number of nitrogens with one attached hydrogen (secondary N) is 1. The highest BCUT2D eigenvalue weighted by Crippen LogP contribution is 2.28. The van der Waals surface area contributed by atoms with E-state index in [1.165, 1.54) is 10.9 Å². The highest BCUT2D eigenvalue weighted by Gasteiger charge is 2.24. The normalized spacial score (nSPS) is 11.0. The first-order valence-electron chi connectivity index (χ1n) is 12.1. The van der Waals surface area contributed by atoms with Crippen molar-refractivity contribution in [3.8, 4) is 16.9 Å². The standard InChI is InChI=1S/C28H26N6O3/c1-4-33-17-23(18(3)32-33)25-15-21(20-13-9-10-14-24(20)30-25)27(35)31-26-22(28(36)37-5-2)16-29-34(26)19-11-7-6-8-12-19/h6-17H,4-5H2,1-3H3,(H,31,35). The number of rotatable bonds is 7. The molecule has 3 heterocycles. The van der Waals surface area contributed by atoms with E-state index in [0.29, 0.717) is 27.8 Å². The van der Waals surface area contributed by atoms with Crippen LogP contribution in [0.25, 0.3) is 27.8 Å². The quantitative estimate of drug-likeness (QED) is 0.318. The molecular weight excluding hydrogens is 468 g/mol. The van der Waals surface area contributed by atoms with Crippen LogP contribution in [0.5, 0.6) is 0 Å². The van der Waals surface area contributed by atoms with Gasteiger partial charge in [-0.15, -0.1) is 0 Å². The predicted molar refractivity (Wildman–Crippen MR) is 141 cm³/mol. The third kappa shape index (κ3) is 4.58. The van der Waals surface area contributed by atoms with Gasteiger partial charge in [0.2, 0.25) is 0 Å². The van der Waals surface area contributed by atoms with Crippen LogP contribution in [0.15, 0.2) is 73.1 Å². The molecular formula is C28H26N6O3. The molecule has 2 aromatic carbocycles. The predicted octanol–water partition coefficient (Wildman–Crippen LogP) is 5.04. The van der Waals surface area contributed by atoms with Gasteiger partial charge in [-0.2, -0.15) is 10.2 Å². The summed E-state index contributed by atoms with van der Waals surface area (Å²) in [6, 6.07) is 18.5. The molecule has 3 aromatic heterocycles. The van der Waals surface area contributed by atoms with Crippen molar-refractivity contribution >= 4 is 28.6 Å². The van der Waals surface area contributed by atoms with Gasteiger partial charge in [-0.25, -0.2) is 14.5 Å². The zero-order chi connectivity index (χ0) is 25.9. The summed E-state index contributed by atoms with van der Waals surface area (Å²) in [5.74, 6) is -0.737. The third-order valence-corrected chi connectivity index (χ3v) is 6.00. The average molecular weight is 495 g/mol. The lowest BCUT2D eigenvalue weighted by Crippen LogP contribution is -2.18. The summed E-state index contributed by atoms with van der Waals surface area (Å²) in [4.78, 5) is 31.3. The fourth-order valence-electron chi connectivity index (χ4n) is 4.20. The van der Waals surface area contributed by atoms with Crippen LogP contribution in [-0.2, 0) is 11.3 Å². The molecule has 0 aliphatic rings. The van der Waals surface area contributed by atoms with Crippen molar-refractivity contribution < 1.29 is 14.3 Å². The maximum atomic E-state index is 13.8. The summed E-state index contributed by atoms with van der Waals surface area (Å²) >= 11 is 0. The summed E-state index contributed by atoms with van der Waals surface area (Å²) < 4.78 is 8.57. The van der Waals surface area contributed by atoms with Gasteiger partial charge in [-0.05, 0) is 45.0 Å². The van der Waals surface area contributed by atoms with Gasteiger partial charge < -0.3 is 10.1 Å². The number of fused-ring (bicyclic) bond motifs is 1. The Balaban J connectivity index is 1.62. The molecule has 9 nitrogen and oxygen atoms in total. The number of carbonyl (C=O) groups excluding carboxylic acids is 2. The number of esters is 1. The second-order valence-corrected chi connectivity index (χ2v) is 8.38. The Morgan fingerprint density at radius 1 is 1.00 bits per heavy atom. The van der Waals surface area contributed by atoms with Gasteiger partial charge in [0.1, 0.15) is 5.56 Å². The zero-order valence-corrected chi connectivity index (χ0v) is 20.8. The van der Waals surface area contributed by atoms with Crippen molar-refractivity contribution in [3.63, 3.8) is 0 Å². The molecule has 1 amide bonds. The van der Waals surface area contributed by atoms with Crippen LogP contribution in [0, 0.1) is 6.92 Å². The molecule has 0 aliphatic carbocycles. The molecule has 0 fully saturated rings. The smallest absolute Gasteiger partial charge is 0.343 e. The van der Waals surface area contributed by atoms with E-state index < -0.39 is 11.9 Å². The van der Waals surface area contributed by atoms with Gasteiger partial charge in [0.15, 0.2) is 5.82 Å². The fourth-order valence-corrected chi connectivity index (χ4v) is 4.20. The summed E-state index contributed by atoms with van der Waals surface area (Å²) in [5.41, 5.74) is 4.26. The van der Waals surface area contributed by atoms with Gasteiger partial charge in [0.05, 0.1) is 41.0 Å². The monoisotopic (exact) mass is 494 g/mol. The molecule has 0 saturated carbocycles. The molecule has 0 aliphatic heterocycles. The summed E-state index contributed by atoms with van der Waals surface area (Å²) in [7, 11) is 0. The number of hydrogen-bond acceptors (Lipinski definition) is 6. The molecule has 9 heteroatoms. The van der Waals surface area contributed by atoms with E-state index in [9.17, 15) is 9.59 Å². The molecule has 1 N–H and O–H groups in total. The number of aromatic nitrogens is 5. The minimum Gasteiger partial charge on any atom is -0.462 e. The first-order valence-corrected chi connectivity index (χ1v) is 12.1. The van der Waals surface area contributed by atoms with Crippen molar-refractivity contribution in [3.05, 3.63) is 89.9 Å². The lowest BCUT2D eigenvalue weighted by Gasteiger charge is -2.13. The summed E-state index contributed by atoms with van der Waals surface area (Å²) in [6.45, 7) is 6.58. The molecule has 0 bridgehead atoms. The number of carbonyl (C=O) groups is 2. The second kappa shape index (κ2) is 10.1. The number of benzene rings is 2. The molecule has 186 valence electrons. The number of amides is 1. The minimum absolute atomic E-state index is 0.165. The van der Waals surface area contributed by atoms with E-state index in [-0.39, 0.29) is 18.0 Å². The highest BCUT2D eigenvalue weighted by atomic mass is 16.5. The van der Waals surface area contributed by atoms with Crippen molar-refractivity contribution in [2.24, 2.45) is 0 Å². The van der Waals surface area contributed by atoms with Crippen molar-refractivity contribution in [2.75, 3.05) is 11.9 Å². The van der Waals surface area contributed by atoms with E-state index in [1.807, 2.05) is 79.3 Å². The van der Waals surface area contributed by atoms with Crippen molar-refractivity contribution in [2.45, 2.75) is 27.3 Å². The topological polar surface area (TPSA) is 104 Å². The fraction of sp³-hybridized carbons (Fsp3) is 0.179. The highest BCUT2D eigenvalue weighted by molar-refractivity contribution is 6.14. The van der Waals surface area contributed by atoms with Gasteiger partial charge in [0.25, 0.3) is 5.91 Å². The first-order chi connectivity index (χ1) is 18.0. The van der Waals surface area contributed by atoms with Crippen LogP contribution in [0.4, 0.5) is 5.82 Å². The van der Waals surface area contributed by atoms with E-state index >= 15 is 0 Å². The SMILES string of the molecule is CCOC(=O)c1cnn(-c2ccccc2)c1NC(=O)c1cc(-c2cn(CC)nc2C)nc2ccccc12. The number of nitrogens with zero attached hydrogens (tertiary/aromatic N) is 5. The van der Waals surface area contributed by atoms with Crippen LogP contribution < -0.4 is 5.32 Å². The second-order valence-electron chi connectivity index (χ2n) is 8.38. The van der Waals surface area contributed by atoms with E-state index in [1.54, 1.807) is 13.0 Å². The van der Waals surface area contributed by atoms with Crippen LogP contribution >= 0.6 is 0 Å². The molecule has 0 spiro atoms. The number of anilines is 1. The van der Waals surface area contributed by atoms with Gasteiger partial charge >= 0.3 is 5.97 Å². The van der Waals surface area contributed by atoms with E-state index in [2.05, 4.69) is 15.5 Å². The molecule has 5 rings (SSSR count). The summed E-state index contributed by atoms with van der Waals surface area (Å²) in [5, 5.41) is 12.5. The molecule has 5 aromatic rings. The van der Waals surface area contributed by atoms with Crippen molar-refractivity contribution in [1.29, 1.82) is 0 Å². The summed E-state index contributed by atoms with van der Waals surface area (Å²) in [6.07, 6.45) is 3.33. The van der Waals surface area contributed by atoms with Gasteiger partial charge in [-0.1, -0.05) is 36.4 Å². The maximum Gasteiger partial charge on any atom is 0.343 e. The van der Waals surface area contributed by atoms with Crippen LogP contribution in [0.1, 0.15) is 40.3 Å². The van der Waals surface area contributed by atoms with E-state index in [0.717, 1.165) is 17.8 Å². The average Bonchev–Trinajstić information content (AvgIpc) is 3.51. The Bertz CT molecular complexity index is 1600. The first kappa shape index (κ1) is 23.9. The van der Waals surface area contributed by atoms with Crippen molar-refractivity contribution in [1.82, 2.24) is 24.5 Å². The number of hydrogen-bond donors (Lipinski definition) is 1. The van der Waals surface area contributed by atoms with Crippen LogP contribution in [0.2, 0.25) is 0 Å². The van der Waals surface area contributed by atoms with Crippen LogP contribution in [0.3, 0.4) is 0 Å². The molecule has 0 saturated heterocycles. The minimum atomic E-state index is -0.567. The Morgan fingerprint density at radius 3 is 2.49 bits per heavy atom. The Hall–Kier alpha value is -4.79. The van der Waals surface area contributed by atoms with E-state index in [4.69, 9.17) is 9.72 Å². The number of ether oxygens (including phenoxy) is 1. The molecule has 0 unspecified atom stereocenters. The molecule has 37 heavy (non-hydrogen) atoms. The van der Waals surface area contributed by atoms with Crippen LogP contribution in [-0.4, -0.2) is 43.0 Å². The number of pyridine rings is 1. The lowest BCUT2D eigenvalue weighted by molar-refractivity contribution is 0.0527. The maximum absolute atomic E-state index is 13.8. The Kier molecular flexibility index (Phi) is 6.51. The molecule has 0 atom stereocenters. The van der Waals surface area contributed by atoms with Gasteiger partial charge in [-0.3, -0.25) is 9.48 Å². The largest absolute Gasteiger partial charge is 0.462 e. The lowest BCUT2D eigenvalue weighted by atomic mass is 10.0. The Morgan fingerprint density at radius 2 is 1.76 bits per heavy atom. The number of para-hydroxylation sites is 2. The van der Waals surface area contributed by atoms with Gasteiger partial charge in [0, 0.05) is 23.7 Å². The zero-order valence-electron chi connectivity index (χ0n) is 20.8. The molecule has 0 radical (unpaired) electrons. The third-order valence-electron chi connectivity index (χ3n) is 6.00. The Labute approximate surface area is 213 Å².